The molecule has 28 heavy (non-hydrogen) atoms. The number of rotatable bonds is 10. The van der Waals surface area contributed by atoms with Crippen LogP contribution in [0.1, 0.15) is 59.5 Å². The number of pyridine rings is 2. The first-order valence-corrected chi connectivity index (χ1v) is 9.62. The normalized spacial score (nSPS) is 10.9. The summed E-state index contributed by atoms with van der Waals surface area (Å²) < 4.78 is 0. The van der Waals surface area contributed by atoms with Crippen molar-refractivity contribution in [1.29, 1.82) is 0 Å². The van der Waals surface area contributed by atoms with Crippen LogP contribution < -0.4 is 0 Å². The molecule has 0 atom stereocenters. The Morgan fingerprint density at radius 3 is 1.50 bits per heavy atom. The Labute approximate surface area is 165 Å². The highest BCUT2D eigenvalue weighted by Gasteiger charge is 2.13. The van der Waals surface area contributed by atoms with Gasteiger partial charge in [-0.2, -0.15) is 0 Å². The number of hydrogen-bond acceptors (Lipinski definition) is 4. The largest absolute Gasteiger partial charge is 0.292 e. The second-order valence-electron chi connectivity index (χ2n) is 6.81. The average Bonchev–Trinajstić information content (AvgIpc) is 2.73. The zero-order valence-corrected chi connectivity index (χ0v) is 16.0. The molecule has 2 aromatic heterocycles. The van der Waals surface area contributed by atoms with Crippen molar-refractivity contribution in [3.8, 4) is 0 Å². The second-order valence-corrected chi connectivity index (χ2v) is 6.81. The van der Waals surface area contributed by atoms with Gasteiger partial charge >= 0.3 is 0 Å². The van der Waals surface area contributed by atoms with E-state index in [0.29, 0.717) is 35.3 Å². The van der Waals surface area contributed by atoms with E-state index in [2.05, 4.69) is 23.1 Å². The molecular formula is C24H24N2O2. The number of Topliss-reactive ketones (excluding diaryl/α,β-unsaturated/α-hetero) is 2. The van der Waals surface area contributed by atoms with Crippen molar-refractivity contribution in [3.05, 3.63) is 73.1 Å². The van der Waals surface area contributed by atoms with E-state index in [0.717, 1.165) is 36.5 Å². The van der Waals surface area contributed by atoms with Gasteiger partial charge < -0.3 is 0 Å². The van der Waals surface area contributed by atoms with Crippen LogP contribution in [-0.2, 0) is 0 Å². The third-order valence-electron chi connectivity index (χ3n) is 4.72. The zero-order valence-electron chi connectivity index (χ0n) is 16.0. The van der Waals surface area contributed by atoms with Gasteiger partial charge in [0.25, 0.3) is 0 Å². The Balaban J connectivity index is 1.98. The lowest BCUT2D eigenvalue weighted by atomic mass is 10.1. The maximum Gasteiger partial charge on any atom is 0.181 e. The summed E-state index contributed by atoms with van der Waals surface area (Å²) in [6.07, 6.45) is 7.64. The number of hydrogen-bond donors (Lipinski definition) is 0. The van der Waals surface area contributed by atoms with Crippen LogP contribution in [0.3, 0.4) is 0 Å². The summed E-state index contributed by atoms with van der Waals surface area (Å²) >= 11 is 0. The molecule has 0 amide bonds. The van der Waals surface area contributed by atoms with Crippen LogP contribution in [0.25, 0.3) is 21.8 Å². The molecular weight excluding hydrogens is 348 g/mol. The van der Waals surface area contributed by atoms with Gasteiger partial charge in [-0.3, -0.25) is 9.59 Å². The number of allylic oxidation sites excluding steroid dienone is 2. The number of fused-ring (bicyclic) bond motifs is 3. The Morgan fingerprint density at radius 2 is 1.11 bits per heavy atom. The van der Waals surface area contributed by atoms with Crippen LogP contribution in [0, 0.1) is 0 Å². The molecule has 4 heteroatoms. The minimum Gasteiger partial charge on any atom is -0.292 e. The lowest BCUT2D eigenvalue weighted by molar-refractivity contribution is 0.0968. The molecule has 0 spiro atoms. The van der Waals surface area contributed by atoms with Crippen LogP contribution in [-0.4, -0.2) is 21.5 Å². The molecule has 0 aliphatic rings. The smallest absolute Gasteiger partial charge is 0.181 e. The van der Waals surface area contributed by atoms with Gasteiger partial charge in [-0.15, -0.1) is 13.2 Å². The molecule has 0 N–H and O–H groups in total. The molecule has 0 saturated carbocycles. The number of carbonyl (C=O) groups is 2. The number of aromatic nitrogens is 2. The van der Waals surface area contributed by atoms with Gasteiger partial charge in [-0.1, -0.05) is 36.4 Å². The van der Waals surface area contributed by atoms with Crippen molar-refractivity contribution in [2.75, 3.05) is 0 Å². The van der Waals surface area contributed by atoms with E-state index < -0.39 is 0 Å². The van der Waals surface area contributed by atoms with Gasteiger partial charge in [0.15, 0.2) is 11.6 Å². The molecule has 4 nitrogen and oxygen atoms in total. The van der Waals surface area contributed by atoms with E-state index in [4.69, 9.17) is 0 Å². The fourth-order valence-electron chi connectivity index (χ4n) is 3.15. The molecule has 0 unspecified atom stereocenters. The Morgan fingerprint density at radius 1 is 0.714 bits per heavy atom. The van der Waals surface area contributed by atoms with E-state index >= 15 is 0 Å². The molecule has 142 valence electrons. The molecule has 0 fully saturated rings. The molecule has 0 bridgehead atoms. The van der Waals surface area contributed by atoms with Gasteiger partial charge in [-0.05, 0) is 37.8 Å². The minimum atomic E-state index is 0.0115. The molecule has 0 radical (unpaired) electrons. The van der Waals surface area contributed by atoms with Crippen LogP contribution >= 0.6 is 0 Å². The van der Waals surface area contributed by atoms with Gasteiger partial charge in [0, 0.05) is 23.6 Å². The fraction of sp³-hybridized carbons (Fsp3) is 0.250. The maximum atomic E-state index is 12.4. The van der Waals surface area contributed by atoms with Crippen molar-refractivity contribution in [2.45, 2.75) is 38.5 Å². The number of ketones is 2. The summed E-state index contributed by atoms with van der Waals surface area (Å²) in [6.45, 7) is 7.37. The number of unbranched alkanes of at least 4 members (excludes halogenated alkanes) is 2. The summed E-state index contributed by atoms with van der Waals surface area (Å²) in [4.78, 5) is 34.1. The molecule has 2 heterocycles. The number of benzene rings is 1. The highest BCUT2D eigenvalue weighted by molar-refractivity contribution is 6.06. The van der Waals surface area contributed by atoms with Crippen LogP contribution in [0.4, 0.5) is 0 Å². The summed E-state index contributed by atoms with van der Waals surface area (Å²) in [7, 11) is 0. The first-order chi connectivity index (χ1) is 13.6. The van der Waals surface area contributed by atoms with Gasteiger partial charge in [0.05, 0.1) is 11.0 Å². The lowest BCUT2D eigenvalue weighted by Crippen LogP contribution is -2.04. The van der Waals surface area contributed by atoms with Crippen molar-refractivity contribution >= 4 is 33.4 Å². The summed E-state index contributed by atoms with van der Waals surface area (Å²) in [6, 6.07) is 11.2. The summed E-state index contributed by atoms with van der Waals surface area (Å²) in [5.74, 6) is 0.0230. The van der Waals surface area contributed by atoms with Crippen LogP contribution in [0.2, 0.25) is 0 Å². The van der Waals surface area contributed by atoms with Crippen molar-refractivity contribution in [1.82, 2.24) is 9.97 Å². The summed E-state index contributed by atoms with van der Waals surface area (Å²) in [5, 5.41) is 1.80. The summed E-state index contributed by atoms with van der Waals surface area (Å²) in [5.41, 5.74) is 2.20. The average molecular weight is 372 g/mol. The maximum absolute atomic E-state index is 12.4. The monoisotopic (exact) mass is 372 g/mol. The predicted molar refractivity (Wildman–Crippen MR) is 114 cm³/mol. The Bertz CT molecular complexity index is 968. The topological polar surface area (TPSA) is 59.9 Å². The predicted octanol–water partition coefficient (Wildman–Crippen LogP) is 5.86. The van der Waals surface area contributed by atoms with E-state index in [-0.39, 0.29) is 11.6 Å². The van der Waals surface area contributed by atoms with Crippen LogP contribution in [0.5, 0.6) is 0 Å². The van der Waals surface area contributed by atoms with Gasteiger partial charge in [0.2, 0.25) is 0 Å². The molecule has 1 aromatic carbocycles. The van der Waals surface area contributed by atoms with Crippen molar-refractivity contribution in [2.24, 2.45) is 0 Å². The number of nitrogens with zero attached hydrogens (tertiary/aromatic N) is 2. The van der Waals surface area contributed by atoms with Gasteiger partial charge in [-0.25, -0.2) is 9.97 Å². The lowest BCUT2D eigenvalue weighted by Gasteiger charge is -2.07. The third-order valence-corrected chi connectivity index (χ3v) is 4.72. The first kappa shape index (κ1) is 19.6. The highest BCUT2D eigenvalue weighted by Crippen LogP contribution is 2.24. The minimum absolute atomic E-state index is 0.0115. The van der Waals surface area contributed by atoms with Crippen LogP contribution in [0.15, 0.2) is 61.7 Å². The standard InChI is InChI=1S/C24H24N2O2/c1-3-5-7-9-21(27)19-15-13-17-11-12-18-14-16-20(22(28)10-8-6-4-2)26-24(18)23(17)25-19/h3-4,11-16H,1-2,5-10H2. The Kier molecular flexibility index (Phi) is 6.43. The SMILES string of the molecule is C=CCCCC(=O)c1ccc2ccc3ccc(C(=O)CCCC=C)nc3c2n1. The molecule has 3 rings (SSSR count). The molecule has 0 saturated heterocycles. The molecule has 0 aliphatic carbocycles. The van der Waals surface area contributed by atoms with E-state index in [9.17, 15) is 9.59 Å². The van der Waals surface area contributed by atoms with Crippen molar-refractivity contribution < 1.29 is 9.59 Å². The van der Waals surface area contributed by atoms with Gasteiger partial charge in [0.1, 0.15) is 11.4 Å². The Hall–Kier alpha value is -3.14. The van der Waals surface area contributed by atoms with Crippen molar-refractivity contribution in [3.63, 3.8) is 0 Å². The zero-order chi connectivity index (χ0) is 19.9. The highest BCUT2D eigenvalue weighted by atomic mass is 16.1. The third kappa shape index (κ3) is 4.39. The molecule has 3 aromatic rings. The van der Waals surface area contributed by atoms with E-state index in [1.807, 2.05) is 36.4 Å². The van der Waals surface area contributed by atoms with E-state index in [1.54, 1.807) is 12.1 Å². The fourth-order valence-corrected chi connectivity index (χ4v) is 3.15. The quantitative estimate of drug-likeness (QED) is 0.193. The second kappa shape index (κ2) is 9.18. The first-order valence-electron chi connectivity index (χ1n) is 9.62. The van der Waals surface area contributed by atoms with E-state index in [1.165, 1.54) is 0 Å². The molecule has 0 aliphatic heterocycles. The number of carbonyl (C=O) groups excluding carboxylic acids is 2.